The lowest BCUT2D eigenvalue weighted by Crippen LogP contribution is -2.42. The maximum Gasteiger partial charge on any atom is 0.232 e. The van der Waals surface area contributed by atoms with Crippen molar-refractivity contribution < 1.29 is 27.4 Å². The predicted octanol–water partition coefficient (Wildman–Crippen LogP) is 5.89. The quantitative estimate of drug-likeness (QED) is 0.287. The first-order valence-corrected chi connectivity index (χ1v) is 14.6. The first-order valence-electron chi connectivity index (χ1n) is 12.9. The van der Waals surface area contributed by atoms with Gasteiger partial charge < -0.3 is 15.2 Å². The molecule has 2 aliphatic heterocycles. The molecule has 2 N–H and O–H groups in total. The van der Waals surface area contributed by atoms with Crippen LogP contribution < -0.4 is 15.0 Å². The summed E-state index contributed by atoms with van der Waals surface area (Å²) in [5, 5.41) is 14.0. The van der Waals surface area contributed by atoms with Crippen molar-refractivity contribution in [1.29, 1.82) is 0 Å². The van der Waals surface area contributed by atoms with E-state index in [1.807, 2.05) is 19.9 Å². The number of nitrogens with one attached hydrogen (secondary N) is 1. The van der Waals surface area contributed by atoms with Crippen LogP contribution in [0.1, 0.15) is 37.4 Å². The number of ether oxygens (including phenoxy) is 1. The van der Waals surface area contributed by atoms with Gasteiger partial charge >= 0.3 is 0 Å². The number of halogens is 1. The van der Waals surface area contributed by atoms with Gasteiger partial charge in [0.2, 0.25) is 5.91 Å². The summed E-state index contributed by atoms with van der Waals surface area (Å²) in [6.45, 7) is 7.45. The molecule has 0 saturated carbocycles. The van der Waals surface area contributed by atoms with Gasteiger partial charge in [-0.25, -0.2) is 12.8 Å². The number of carbonyl (C=O) groups excluding carboxylic acids is 1. The van der Waals surface area contributed by atoms with Crippen molar-refractivity contribution in [2.75, 3.05) is 22.6 Å². The Morgan fingerprint density at radius 2 is 1.93 bits per heavy atom. The molecular weight excluding hydrogens is 531 g/mol. The fourth-order valence-corrected chi connectivity index (χ4v) is 7.85. The summed E-state index contributed by atoms with van der Waals surface area (Å²) < 4.78 is 49.4. The Morgan fingerprint density at radius 3 is 2.62 bits per heavy atom. The highest BCUT2D eigenvalue weighted by Crippen LogP contribution is 2.51. The molecule has 3 aromatic carbocycles. The van der Waals surface area contributed by atoms with Crippen molar-refractivity contribution >= 4 is 27.1 Å². The molecule has 0 saturated heterocycles. The molecule has 0 bridgehead atoms. The molecule has 40 heavy (non-hydrogen) atoms. The van der Waals surface area contributed by atoms with Crippen LogP contribution in [0.25, 0.3) is 0 Å². The molecule has 1 amide bonds. The highest BCUT2D eigenvalue weighted by Gasteiger charge is 2.47. The van der Waals surface area contributed by atoms with Crippen molar-refractivity contribution in [3.63, 3.8) is 0 Å². The van der Waals surface area contributed by atoms with Crippen molar-refractivity contribution in [3.05, 3.63) is 107 Å². The third-order valence-electron chi connectivity index (χ3n) is 7.03. The molecule has 5 rings (SSSR count). The second kappa shape index (κ2) is 10.5. The summed E-state index contributed by atoms with van der Waals surface area (Å²) in [4.78, 5) is 15.4. The molecule has 3 aromatic rings. The minimum absolute atomic E-state index is 0.00105. The zero-order valence-electron chi connectivity index (χ0n) is 22.4. The molecule has 7 nitrogen and oxygen atoms in total. The number of phenolic OH excluding ortho intramolecular Hbond substituents is 1. The number of sulfone groups is 1. The minimum atomic E-state index is -3.99. The van der Waals surface area contributed by atoms with Crippen LogP contribution in [0, 0.1) is 11.2 Å². The Balaban J connectivity index is 1.78. The van der Waals surface area contributed by atoms with Gasteiger partial charge in [-0.05, 0) is 41.7 Å². The fraction of sp³-hybridized carbons (Fsp3) is 0.258. The number of phenols is 1. The third kappa shape index (κ3) is 5.21. The largest absolute Gasteiger partial charge is 0.506 e. The van der Waals surface area contributed by atoms with Gasteiger partial charge in [-0.1, -0.05) is 62.9 Å². The number of carbonyl (C=O) groups is 1. The highest BCUT2D eigenvalue weighted by atomic mass is 32.2. The Hall–Kier alpha value is -4.11. The molecule has 2 aliphatic rings. The molecule has 0 radical (unpaired) electrons. The topological polar surface area (TPSA) is 95.9 Å². The van der Waals surface area contributed by atoms with E-state index in [-0.39, 0.29) is 52.1 Å². The minimum Gasteiger partial charge on any atom is -0.506 e. The van der Waals surface area contributed by atoms with Gasteiger partial charge in [-0.2, -0.15) is 0 Å². The van der Waals surface area contributed by atoms with Gasteiger partial charge in [-0.15, -0.1) is 0 Å². The second-order valence-electron chi connectivity index (χ2n) is 10.9. The van der Waals surface area contributed by atoms with Crippen LogP contribution in [-0.4, -0.2) is 31.8 Å². The van der Waals surface area contributed by atoms with E-state index in [9.17, 15) is 18.3 Å². The Kier molecular flexibility index (Phi) is 7.18. The van der Waals surface area contributed by atoms with Crippen LogP contribution in [-0.2, 0) is 21.1 Å². The lowest BCUT2D eigenvalue weighted by atomic mass is 9.88. The first kappa shape index (κ1) is 27.5. The summed E-state index contributed by atoms with van der Waals surface area (Å²) >= 11 is 0. The number of para-hydroxylation sites is 1. The van der Waals surface area contributed by atoms with E-state index in [2.05, 4.69) is 11.9 Å². The van der Waals surface area contributed by atoms with Crippen molar-refractivity contribution in [2.24, 2.45) is 5.41 Å². The number of benzene rings is 3. The van der Waals surface area contributed by atoms with Crippen molar-refractivity contribution in [3.8, 4) is 11.5 Å². The number of rotatable bonds is 6. The smallest absolute Gasteiger partial charge is 0.232 e. The molecule has 1 unspecified atom stereocenters. The number of allylic oxidation sites excluding steroid dienone is 1. The van der Waals surface area contributed by atoms with Crippen LogP contribution in [0.5, 0.6) is 11.5 Å². The van der Waals surface area contributed by atoms with Gasteiger partial charge in [0.1, 0.15) is 35.7 Å². The van der Waals surface area contributed by atoms with Crippen molar-refractivity contribution in [1.82, 2.24) is 0 Å². The molecule has 208 valence electrons. The number of nitrogens with zero attached hydrogens (tertiary/aromatic N) is 1. The SMILES string of the molecule is C=CCOc1ccc(C2C3=C(CC(C)(C)CS3(=O)=O)Nc3c(O)cccc3N2C(=O)Cc2ccccc2)c(F)c1. The fourth-order valence-electron chi connectivity index (χ4n) is 5.49. The molecule has 1 atom stereocenters. The maximum absolute atomic E-state index is 15.9. The number of amides is 1. The summed E-state index contributed by atoms with van der Waals surface area (Å²) in [6.07, 6.45) is 1.78. The Bertz CT molecular complexity index is 1620. The van der Waals surface area contributed by atoms with E-state index in [1.165, 1.54) is 29.2 Å². The summed E-state index contributed by atoms with van der Waals surface area (Å²) in [7, 11) is -3.99. The van der Waals surface area contributed by atoms with Gasteiger partial charge in [0.15, 0.2) is 9.84 Å². The summed E-state index contributed by atoms with van der Waals surface area (Å²) in [5.41, 5.74) is 0.842. The Morgan fingerprint density at radius 1 is 1.18 bits per heavy atom. The Labute approximate surface area is 233 Å². The lowest BCUT2D eigenvalue weighted by molar-refractivity contribution is -0.118. The maximum atomic E-state index is 15.9. The van der Waals surface area contributed by atoms with E-state index < -0.39 is 33.0 Å². The van der Waals surface area contributed by atoms with Gasteiger partial charge in [0, 0.05) is 17.3 Å². The molecule has 0 aliphatic carbocycles. The van der Waals surface area contributed by atoms with Gasteiger partial charge in [0.25, 0.3) is 0 Å². The van der Waals surface area contributed by atoms with Crippen LogP contribution >= 0.6 is 0 Å². The lowest BCUT2D eigenvalue weighted by Gasteiger charge is -2.37. The zero-order chi connectivity index (χ0) is 28.7. The predicted molar refractivity (Wildman–Crippen MR) is 153 cm³/mol. The van der Waals surface area contributed by atoms with E-state index in [0.717, 1.165) is 0 Å². The number of hydrogen-bond donors (Lipinski definition) is 2. The summed E-state index contributed by atoms with van der Waals surface area (Å²) in [6, 6.07) is 16.5. The number of anilines is 2. The normalized spacial score (nSPS) is 19.1. The summed E-state index contributed by atoms with van der Waals surface area (Å²) in [5.74, 6) is -1.26. The standard InChI is InChI=1S/C31H31FN2O5S/c1-4-15-39-21-13-14-22(23(32)17-21)29-30-24(18-31(2,3)19-40(30,37)38)33-28-25(11-8-12-26(28)35)34(29)27(36)16-20-9-6-5-7-10-20/h4-14,17,29,33,35H,1,15-16,18-19H2,2-3H3. The molecule has 0 aromatic heterocycles. The number of aromatic hydroxyl groups is 1. The van der Waals surface area contributed by atoms with Crippen LogP contribution in [0.3, 0.4) is 0 Å². The van der Waals surface area contributed by atoms with E-state index in [1.54, 1.807) is 42.5 Å². The van der Waals surface area contributed by atoms with E-state index in [0.29, 0.717) is 17.7 Å². The van der Waals surface area contributed by atoms with Crippen LogP contribution in [0.4, 0.5) is 15.8 Å². The third-order valence-corrected chi connectivity index (χ3v) is 9.33. The average molecular weight is 563 g/mol. The first-order chi connectivity index (χ1) is 19.0. The molecular formula is C31H31FN2O5S. The van der Waals surface area contributed by atoms with E-state index >= 15 is 4.39 Å². The molecule has 9 heteroatoms. The van der Waals surface area contributed by atoms with Gasteiger partial charge in [-0.3, -0.25) is 9.69 Å². The zero-order valence-corrected chi connectivity index (χ0v) is 23.2. The number of fused-ring (bicyclic) bond motifs is 1. The second-order valence-corrected chi connectivity index (χ2v) is 12.8. The van der Waals surface area contributed by atoms with Crippen LogP contribution in [0.2, 0.25) is 0 Å². The monoisotopic (exact) mass is 562 g/mol. The molecule has 0 fully saturated rings. The van der Waals surface area contributed by atoms with Gasteiger partial charge in [0.05, 0.1) is 22.8 Å². The van der Waals surface area contributed by atoms with Crippen molar-refractivity contribution in [2.45, 2.75) is 32.7 Å². The molecule has 0 spiro atoms. The van der Waals surface area contributed by atoms with E-state index in [4.69, 9.17) is 4.74 Å². The highest BCUT2D eigenvalue weighted by molar-refractivity contribution is 7.95. The molecule has 2 heterocycles. The van der Waals surface area contributed by atoms with Crippen LogP contribution in [0.15, 0.2) is 90.0 Å². The average Bonchev–Trinajstić information content (AvgIpc) is 3.02. The number of hydrogen-bond acceptors (Lipinski definition) is 6.